The molecule has 0 saturated carbocycles. The van der Waals surface area contributed by atoms with Crippen molar-refractivity contribution in [2.45, 2.75) is 37.8 Å². The molecule has 27 heavy (non-hydrogen) atoms. The Morgan fingerprint density at radius 1 is 1.15 bits per heavy atom. The third-order valence-corrected chi connectivity index (χ3v) is 4.90. The lowest BCUT2D eigenvalue weighted by molar-refractivity contribution is -0.122. The minimum Gasteiger partial charge on any atom is -0.436 e. The minimum atomic E-state index is -1.09. The number of amides is 2. The van der Waals surface area contributed by atoms with Gasteiger partial charge in [-0.3, -0.25) is 4.79 Å². The number of urea groups is 1. The van der Waals surface area contributed by atoms with Gasteiger partial charge in [0.25, 0.3) is 0 Å². The summed E-state index contributed by atoms with van der Waals surface area (Å²) in [5.74, 6) is -2.09. The lowest BCUT2D eigenvalue weighted by Gasteiger charge is -2.33. The van der Waals surface area contributed by atoms with Crippen LogP contribution in [0.1, 0.15) is 25.7 Å². The van der Waals surface area contributed by atoms with Gasteiger partial charge in [-0.1, -0.05) is 6.07 Å². The second-order valence-corrected chi connectivity index (χ2v) is 6.71. The Kier molecular flexibility index (Phi) is 4.47. The first kappa shape index (κ1) is 17.4. The Morgan fingerprint density at radius 3 is 2.56 bits per heavy atom. The number of carbonyl (C=O) groups is 2. The number of halogens is 2. The number of ether oxygens (including phenoxy) is 1. The third kappa shape index (κ3) is 3.47. The van der Waals surface area contributed by atoms with Crippen LogP contribution in [0.25, 0.3) is 0 Å². The number of nitrogens with zero attached hydrogens (tertiary/aromatic N) is 2. The van der Waals surface area contributed by atoms with Gasteiger partial charge in [0.1, 0.15) is 5.78 Å². The molecular weight excluding hydrogens is 356 g/mol. The van der Waals surface area contributed by atoms with Crippen LogP contribution in [0.4, 0.5) is 19.3 Å². The topological polar surface area (TPSA) is 71.5 Å². The Bertz CT molecular complexity index is 872. The van der Waals surface area contributed by atoms with Crippen molar-refractivity contribution < 1.29 is 23.1 Å². The van der Waals surface area contributed by atoms with Crippen LogP contribution in [-0.2, 0) is 4.79 Å². The molecule has 1 N–H and O–H groups in total. The maximum atomic E-state index is 13.6. The quantitative estimate of drug-likeness (QED) is 0.886. The van der Waals surface area contributed by atoms with Crippen molar-refractivity contribution >= 4 is 17.5 Å². The van der Waals surface area contributed by atoms with E-state index < -0.39 is 11.6 Å². The highest BCUT2D eigenvalue weighted by atomic mass is 19.2. The summed E-state index contributed by atoms with van der Waals surface area (Å²) in [5, 5.41) is 2.76. The van der Waals surface area contributed by atoms with Gasteiger partial charge >= 0.3 is 6.03 Å². The van der Waals surface area contributed by atoms with E-state index in [2.05, 4.69) is 10.3 Å². The Hall–Kier alpha value is -3.03. The monoisotopic (exact) mass is 373 g/mol. The number of anilines is 1. The summed E-state index contributed by atoms with van der Waals surface area (Å²) >= 11 is 0. The van der Waals surface area contributed by atoms with E-state index in [1.54, 1.807) is 11.0 Å². The van der Waals surface area contributed by atoms with Gasteiger partial charge < -0.3 is 15.0 Å². The zero-order valence-electron chi connectivity index (χ0n) is 14.3. The number of ketones is 1. The lowest BCUT2D eigenvalue weighted by Crippen LogP contribution is -2.48. The molecule has 0 spiro atoms. The molecule has 1 aromatic heterocycles. The number of benzene rings is 1. The number of fused-ring (bicyclic) bond motifs is 2. The largest absolute Gasteiger partial charge is 0.436 e. The first-order valence-corrected chi connectivity index (χ1v) is 8.70. The van der Waals surface area contributed by atoms with Crippen LogP contribution < -0.4 is 10.1 Å². The van der Waals surface area contributed by atoms with E-state index in [4.69, 9.17) is 4.74 Å². The van der Waals surface area contributed by atoms with E-state index in [-0.39, 0.29) is 35.5 Å². The molecule has 2 bridgehead atoms. The fraction of sp³-hybridized carbons (Fsp3) is 0.316. The summed E-state index contributed by atoms with van der Waals surface area (Å²) in [7, 11) is 0. The number of piperidine rings is 1. The van der Waals surface area contributed by atoms with Gasteiger partial charge in [0.05, 0.1) is 11.9 Å². The van der Waals surface area contributed by atoms with Crippen molar-refractivity contribution in [2.75, 3.05) is 5.32 Å². The summed E-state index contributed by atoms with van der Waals surface area (Å²) in [5.41, 5.74) is 0.448. The number of carbonyl (C=O) groups excluding carboxylic acids is 2. The molecule has 0 aliphatic carbocycles. The van der Waals surface area contributed by atoms with Crippen LogP contribution in [0.3, 0.4) is 0 Å². The van der Waals surface area contributed by atoms with Gasteiger partial charge in [-0.05, 0) is 31.0 Å². The molecule has 3 heterocycles. The average Bonchev–Trinajstić information content (AvgIpc) is 2.92. The molecule has 2 aliphatic heterocycles. The maximum Gasteiger partial charge on any atom is 0.322 e. The molecule has 140 valence electrons. The molecule has 4 rings (SSSR count). The van der Waals surface area contributed by atoms with Gasteiger partial charge in [0.15, 0.2) is 11.6 Å². The summed E-state index contributed by atoms with van der Waals surface area (Å²) in [6.07, 6.45) is 3.88. The highest BCUT2D eigenvalue weighted by Crippen LogP contribution is 2.34. The second-order valence-electron chi connectivity index (χ2n) is 6.71. The SMILES string of the molecule is O=C1CC2CCC(C1)N2C(=O)Nc1ccc(Oc2cccc(F)c2F)nc1. The first-order chi connectivity index (χ1) is 13.0. The van der Waals surface area contributed by atoms with Crippen LogP contribution in [0, 0.1) is 11.6 Å². The van der Waals surface area contributed by atoms with Crippen LogP contribution in [0.2, 0.25) is 0 Å². The minimum absolute atomic E-state index is 0.0391. The van der Waals surface area contributed by atoms with Crippen LogP contribution >= 0.6 is 0 Å². The number of hydrogen-bond donors (Lipinski definition) is 1. The van der Waals surface area contributed by atoms with E-state index >= 15 is 0 Å². The standard InChI is InChI=1S/C19H17F2N3O3/c20-15-2-1-3-16(18(15)21)27-17-7-4-11(10-22-17)23-19(26)24-12-5-6-13(24)9-14(25)8-12/h1-4,7,10,12-13H,5-6,8-9H2,(H,23,26). The highest BCUT2D eigenvalue weighted by molar-refractivity contribution is 5.92. The molecule has 2 fully saturated rings. The van der Waals surface area contributed by atoms with Crippen LogP contribution in [-0.4, -0.2) is 33.8 Å². The molecule has 2 atom stereocenters. The van der Waals surface area contributed by atoms with Gasteiger partial charge in [0.2, 0.25) is 11.7 Å². The number of rotatable bonds is 3. The van der Waals surface area contributed by atoms with Crippen molar-refractivity contribution in [3.8, 4) is 11.6 Å². The summed E-state index contributed by atoms with van der Waals surface area (Å²) < 4.78 is 32.1. The fourth-order valence-electron chi connectivity index (χ4n) is 3.68. The smallest absolute Gasteiger partial charge is 0.322 e. The zero-order chi connectivity index (χ0) is 19.0. The number of hydrogen-bond acceptors (Lipinski definition) is 4. The van der Waals surface area contributed by atoms with Crippen molar-refractivity contribution in [2.24, 2.45) is 0 Å². The Morgan fingerprint density at radius 2 is 1.89 bits per heavy atom. The molecule has 1 aromatic carbocycles. The van der Waals surface area contributed by atoms with E-state index in [9.17, 15) is 18.4 Å². The normalized spacial score (nSPS) is 21.3. The van der Waals surface area contributed by atoms with Crippen molar-refractivity contribution in [3.63, 3.8) is 0 Å². The number of Topliss-reactive ketones (excluding diaryl/α,β-unsaturated/α-hetero) is 1. The molecule has 2 unspecified atom stereocenters. The molecular formula is C19H17F2N3O3. The molecule has 2 aliphatic rings. The third-order valence-electron chi connectivity index (χ3n) is 4.90. The van der Waals surface area contributed by atoms with Gasteiger partial charge in [-0.25, -0.2) is 14.2 Å². The predicted octanol–water partition coefficient (Wildman–Crippen LogP) is 3.88. The van der Waals surface area contributed by atoms with Crippen molar-refractivity contribution in [1.82, 2.24) is 9.88 Å². The first-order valence-electron chi connectivity index (χ1n) is 8.70. The molecule has 2 amide bonds. The molecule has 2 aromatic rings. The van der Waals surface area contributed by atoms with Gasteiger partial charge in [-0.15, -0.1) is 0 Å². The van der Waals surface area contributed by atoms with Gasteiger partial charge in [-0.2, -0.15) is 4.39 Å². The predicted molar refractivity (Wildman–Crippen MR) is 92.6 cm³/mol. The molecule has 0 radical (unpaired) electrons. The van der Waals surface area contributed by atoms with Gasteiger partial charge in [0, 0.05) is 31.0 Å². The fourth-order valence-corrected chi connectivity index (χ4v) is 3.68. The number of nitrogens with one attached hydrogen (secondary N) is 1. The van der Waals surface area contributed by atoms with Crippen LogP contribution in [0.15, 0.2) is 36.5 Å². The average molecular weight is 373 g/mol. The molecule has 8 heteroatoms. The highest BCUT2D eigenvalue weighted by Gasteiger charge is 2.42. The zero-order valence-corrected chi connectivity index (χ0v) is 14.3. The molecule has 6 nitrogen and oxygen atoms in total. The Balaban J connectivity index is 1.41. The molecule has 2 saturated heterocycles. The summed E-state index contributed by atoms with van der Waals surface area (Å²) in [6.45, 7) is 0. The number of aromatic nitrogens is 1. The van der Waals surface area contributed by atoms with E-state index in [0.717, 1.165) is 18.9 Å². The van der Waals surface area contributed by atoms with E-state index in [0.29, 0.717) is 18.5 Å². The van der Waals surface area contributed by atoms with E-state index in [1.165, 1.54) is 24.4 Å². The summed E-state index contributed by atoms with van der Waals surface area (Å²) in [4.78, 5) is 30.0. The van der Waals surface area contributed by atoms with Crippen molar-refractivity contribution in [1.29, 1.82) is 0 Å². The Labute approximate surface area is 154 Å². The van der Waals surface area contributed by atoms with E-state index in [1.807, 2.05) is 0 Å². The lowest BCUT2D eigenvalue weighted by atomic mass is 10.0. The second kappa shape index (κ2) is 6.94. The van der Waals surface area contributed by atoms with Crippen molar-refractivity contribution in [3.05, 3.63) is 48.2 Å². The maximum absolute atomic E-state index is 13.6. The van der Waals surface area contributed by atoms with Crippen LogP contribution in [0.5, 0.6) is 11.6 Å². The summed E-state index contributed by atoms with van der Waals surface area (Å²) in [6, 6.07) is 6.30. The number of pyridine rings is 1.